The third-order valence-corrected chi connectivity index (χ3v) is 6.42. The first-order valence-electron chi connectivity index (χ1n) is 8.78. The second kappa shape index (κ2) is 9.53. The third kappa shape index (κ3) is 6.04. The number of halogens is 5. The maximum absolute atomic E-state index is 13.1. The molecule has 0 fully saturated rings. The average molecular weight is 520 g/mol. The van der Waals surface area contributed by atoms with Crippen LogP contribution in [0, 0.1) is 0 Å². The van der Waals surface area contributed by atoms with Crippen molar-refractivity contribution in [3.05, 3.63) is 82.3 Å². The zero-order chi connectivity index (χ0) is 23.5. The molecule has 0 spiro atoms. The molecule has 0 bridgehead atoms. The molecule has 0 amide bonds. The van der Waals surface area contributed by atoms with Crippen LogP contribution in [-0.4, -0.2) is 13.5 Å². The molecule has 0 saturated heterocycles. The summed E-state index contributed by atoms with van der Waals surface area (Å²) in [5.74, 6) is 0. The molecule has 0 saturated carbocycles. The Morgan fingerprint density at radius 1 is 0.844 bits per heavy atom. The van der Waals surface area contributed by atoms with Crippen molar-refractivity contribution in [2.24, 2.45) is 0 Å². The molecule has 0 aliphatic carbocycles. The molecule has 3 rings (SSSR count). The van der Waals surface area contributed by atoms with Crippen LogP contribution in [0.15, 0.2) is 71.6 Å². The number of thiocarbonyl (C=S) groups is 1. The number of anilines is 3. The molecule has 5 nitrogen and oxygen atoms in total. The van der Waals surface area contributed by atoms with Crippen LogP contribution < -0.4 is 15.4 Å². The van der Waals surface area contributed by atoms with Gasteiger partial charge in [0.25, 0.3) is 10.0 Å². The molecule has 0 heterocycles. The van der Waals surface area contributed by atoms with Crippen molar-refractivity contribution in [1.29, 1.82) is 0 Å². The zero-order valence-corrected chi connectivity index (χ0v) is 19.0. The fraction of sp³-hybridized carbons (Fsp3) is 0.0500. The predicted octanol–water partition coefficient (Wildman–Crippen LogP) is 6.62. The van der Waals surface area contributed by atoms with Crippen LogP contribution in [0.1, 0.15) is 5.56 Å². The van der Waals surface area contributed by atoms with E-state index in [0.717, 1.165) is 6.07 Å². The number of hydrogen-bond acceptors (Lipinski definition) is 3. The molecule has 3 N–H and O–H groups in total. The van der Waals surface area contributed by atoms with Crippen molar-refractivity contribution in [2.75, 3.05) is 15.4 Å². The minimum Gasteiger partial charge on any atom is -0.332 e. The van der Waals surface area contributed by atoms with Crippen molar-refractivity contribution >= 4 is 67.6 Å². The van der Waals surface area contributed by atoms with Gasteiger partial charge in [0.1, 0.15) is 0 Å². The summed E-state index contributed by atoms with van der Waals surface area (Å²) in [5.41, 5.74) is -0.461. The first-order chi connectivity index (χ1) is 15.0. The Balaban J connectivity index is 1.69. The van der Waals surface area contributed by atoms with E-state index < -0.39 is 21.8 Å². The summed E-state index contributed by atoms with van der Waals surface area (Å²) in [6.45, 7) is 0. The lowest BCUT2D eigenvalue weighted by atomic mass is 10.1. The monoisotopic (exact) mass is 519 g/mol. The van der Waals surface area contributed by atoms with Gasteiger partial charge in [0.05, 0.1) is 31.9 Å². The van der Waals surface area contributed by atoms with Crippen LogP contribution in [-0.2, 0) is 16.2 Å². The summed E-state index contributed by atoms with van der Waals surface area (Å²) < 4.78 is 66.8. The van der Waals surface area contributed by atoms with Crippen molar-refractivity contribution in [3.8, 4) is 0 Å². The molecular formula is C20H14Cl2F3N3O2S2. The number of sulfonamides is 1. The SMILES string of the molecule is O=S(=O)(Nc1ccc(Cl)c(Cl)c1)c1ccc(NC(=S)Nc2ccccc2C(F)(F)F)cc1. The lowest BCUT2D eigenvalue weighted by Gasteiger charge is -2.16. The van der Waals surface area contributed by atoms with Gasteiger partial charge in [-0.3, -0.25) is 4.72 Å². The van der Waals surface area contributed by atoms with E-state index in [0.29, 0.717) is 5.69 Å². The normalized spacial score (nSPS) is 11.7. The first-order valence-corrected chi connectivity index (χ1v) is 11.4. The quantitative estimate of drug-likeness (QED) is 0.330. The molecular weight excluding hydrogens is 506 g/mol. The maximum Gasteiger partial charge on any atom is 0.418 e. The Morgan fingerprint density at radius 2 is 1.47 bits per heavy atom. The number of hydrogen-bond donors (Lipinski definition) is 3. The van der Waals surface area contributed by atoms with Gasteiger partial charge in [-0.15, -0.1) is 0 Å². The van der Waals surface area contributed by atoms with E-state index in [1.165, 1.54) is 60.7 Å². The van der Waals surface area contributed by atoms with Crippen LogP contribution in [0.3, 0.4) is 0 Å². The summed E-state index contributed by atoms with van der Waals surface area (Å²) in [5, 5.41) is 5.60. The van der Waals surface area contributed by atoms with Crippen LogP contribution in [0.2, 0.25) is 10.0 Å². The molecule has 0 unspecified atom stereocenters. The molecule has 12 heteroatoms. The fourth-order valence-electron chi connectivity index (χ4n) is 2.62. The Kier molecular flexibility index (Phi) is 7.19. The minimum atomic E-state index is -4.55. The summed E-state index contributed by atoms with van der Waals surface area (Å²) in [7, 11) is -3.91. The molecule has 3 aromatic carbocycles. The smallest absolute Gasteiger partial charge is 0.332 e. The Hall–Kier alpha value is -2.53. The van der Waals surface area contributed by atoms with Crippen LogP contribution in [0.4, 0.5) is 30.2 Å². The lowest BCUT2D eigenvalue weighted by molar-refractivity contribution is -0.136. The van der Waals surface area contributed by atoms with E-state index in [1.807, 2.05) is 0 Å². The maximum atomic E-state index is 13.1. The molecule has 0 aliphatic heterocycles. The standard InChI is InChI=1S/C20H14Cl2F3N3O2S2/c21-16-10-7-13(11-17(16)22)28-32(29,30)14-8-5-12(6-9-14)26-19(31)27-18-4-2-1-3-15(18)20(23,24)25/h1-11,28H,(H2,26,27,31). The molecule has 0 aliphatic rings. The molecule has 3 aromatic rings. The fourth-order valence-corrected chi connectivity index (χ4v) is 4.19. The zero-order valence-electron chi connectivity index (χ0n) is 15.9. The van der Waals surface area contributed by atoms with E-state index in [1.54, 1.807) is 0 Å². The van der Waals surface area contributed by atoms with Gasteiger partial charge in [-0.25, -0.2) is 8.42 Å². The van der Waals surface area contributed by atoms with Crippen molar-refractivity contribution in [3.63, 3.8) is 0 Å². The Morgan fingerprint density at radius 3 is 2.09 bits per heavy atom. The Bertz CT molecular complexity index is 1250. The highest BCUT2D eigenvalue weighted by Gasteiger charge is 2.33. The van der Waals surface area contributed by atoms with E-state index in [-0.39, 0.29) is 31.4 Å². The van der Waals surface area contributed by atoms with E-state index in [9.17, 15) is 21.6 Å². The van der Waals surface area contributed by atoms with Crippen LogP contribution in [0.25, 0.3) is 0 Å². The molecule has 168 valence electrons. The van der Waals surface area contributed by atoms with Gasteiger partial charge >= 0.3 is 6.18 Å². The predicted molar refractivity (Wildman–Crippen MR) is 125 cm³/mol. The summed E-state index contributed by atoms with van der Waals surface area (Å²) in [6.07, 6.45) is -4.55. The van der Waals surface area contributed by atoms with Gasteiger partial charge < -0.3 is 10.6 Å². The number of rotatable bonds is 5. The van der Waals surface area contributed by atoms with Gasteiger partial charge in [-0.05, 0) is 66.8 Å². The van der Waals surface area contributed by atoms with E-state index in [4.69, 9.17) is 35.4 Å². The minimum absolute atomic E-state index is 0.0459. The van der Waals surface area contributed by atoms with Crippen LogP contribution >= 0.6 is 35.4 Å². The third-order valence-electron chi connectivity index (χ3n) is 4.07. The van der Waals surface area contributed by atoms with Crippen molar-refractivity contribution in [1.82, 2.24) is 0 Å². The second-order valence-electron chi connectivity index (χ2n) is 6.38. The van der Waals surface area contributed by atoms with E-state index >= 15 is 0 Å². The number of benzene rings is 3. The highest BCUT2D eigenvalue weighted by molar-refractivity contribution is 7.92. The topological polar surface area (TPSA) is 70.2 Å². The van der Waals surface area contributed by atoms with Crippen molar-refractivity contribution < 1.29 is 21.6 Å². The number of alkyl halides is 3. The first kappa shape index (κ1) is 24.1. The Labute approximate surface area is 197 Å². The summed E-state index contributed by atoms with van der Waals surface area (Å²) in [6, 6.07) is 14.7. The van der Waals surface area contributed by atoms with Gasteiger partial charge in [0, 0.05) is 5.69 Å². The van der Waals surface area contributed by atoms with Gasteiger partial charge in [0.2, 0.25) is 0 Å². The summed E-state index contributed by atoms with van der Waals surface area (Å²) in [4.78, 5) is -0.0459. The van der Waals surface area contributed by atoms with E-state index in [2.05, 4.69) is 15.4 Å². The highest BCUT2D eigenvalue weighted by atomic mass is 35.5. The summed E-state index contributed by atoms with van der Waals surface area (Å²) >= 11 is 16.8. The highest BCUT2D eigenvalue weighted by Crippen LogP contribution is 2.34. The number of nitrogens with one attached hydrogen (secondary N) is 3. The molecule has 0 atom stereocenters. The largest absolute Gasteiger partial charge is 0.418 e. The van der Waals surface area contributed by atoms with Gasteiger partial charge in [0.15, 0.2) is 5.11 Å². The molecule has 0 aromatic heterocycles. The van der Waals surface area contributed by atoms with Crippen LogP contribution in [0.5, 0.6) is 0 Å². The van der Waals surface area contributed by atoms with Gasteiger partial charge in [-0.2, -0.15) is 13.2 Å². The second-order valence-corrected chi connectivity index (χ2v) is 9.29. The molecule has 0 radical (unpaired) electrons. The lowest BCUT2D eigenvalue weighted by Crippen LogP contribution is -2.21. The number of para-hydroxylation sites is 1. The van der Waals surface area contributed by atoms with Gasteiger partial charge in [-0.1, -0.05) is 35.3 Å². The van der Waals surface area contributed by atoms with Crippen molar-refractivity contribution in [2.45, 2.75) is 11.1 Å². The molecule has 32 heavy (non-hydrogen) atoms. The average Bonchev–Trinajstić information content (AvgIpc) is 2.70.